The Morgan fingerprint density at radius 2 is 1.18 bits per heavy atom. The summed E-state index contributed by atoms with van der Waals surface area (Å²) < 4.78 is 122. The van der Waals surface area contributed by atoms with Crippen LogP contribution in [0.2, 0.25) is 0 Å². The average molecular weight is 280 g/mol. The molecule has 0 heterocycles. The van der Waals surface area contributed by atoms with Crippen molar-refractivity contribution in [2.75, 3.05) is 0 Å². The van der Waals surface area contributed by atoms with Gasteiger partial charge in [-0.05, 0) is 0 Å². The van der Waals surface area contributed by atoms with Gasteiger partial charge in [0, 0.05) is 6.42 Å². The molecule has 1 unspecified atom stereocenters. The molecule has 0 aromatic carbocycles. The number of halogens is 10. The lowest BCUT2D eigenvalue weighted by molar-refractivity contribution is -0.379. The number of hydrogen-bond donors (Lipinski definition) is 0. The summed E-state index contributed by atoms with van der Waals surface area (Å²) in [5.74, 6) is -12.1. The number of rotatable bonds is 4. The predicted octanol–water partition coefficient (Wildman–Crippen LogP) is 4.20. The van der Waals surface area contributed by atoms with Gasteiger partial charge in [-0.3, -0.25) is 0 Å². The van der Waals surface area contributed by atoms with Crippen molar-refractivity contribution in [3.05, 3.63) is 0 Å². The van der Waals surface area contributed by atoms with E-state index in [2.05, 4.69) is 0 Å². The normalized spacial score (nSPS) is 18.4. The van der Waals surface area contributed by atoms with Gasteiger partial charge in [0.2, 0.25) is 0 Å². The Kier molecular flexibility index (Phi) is 4.03. The van der Waals surface area contributed by atoms with E-state index in [1.165, 1.54) is 0 Å². The Hall–Kier alpha value is -0.700. The molecule has 0 aliphatic rings. The van der Waals surface area contributed by atoms with Crippen LogP contribution < -0.4 is 0 Å². The van der Waals surface area contributed by atoms with E-state index in [0.29, 0.717) is 6.92 Å². The van der Waals surface area contributed by atoms with Crippen LogP contribution in [0, 0.1) is 0 Å². The fraction of sp³-hybridized carbons (Fsp3) is 1.00. The second-order valence-electron chi connectivity index (χ2n) is 3.14. The quantitative estimate of drug-likeness (QED) is 0.677. The van der Waals surface area contributed by atoms with Crippen molar-refractivity contribution in [1.29, 1.82) is 0 Å². The minimum atomic E-state index is -6.83. The number of alkyl halides is 10. The van der Waals surface area contributed by atoms with E-state index < -0.39 is 36.5 Å². The van der Waals surface area contributed by atoms with Crippen LogP contribution >= 0.6 is 0 Å². The standard InChI is InChI=1S/C7H6F10/c1-2-4(10,11)6(13,14)5(12,3(8)9)7(15,16)17/h3H,2H2,1H3. The van der Waals surface area contributed by atoms with Crippen molar-refractivity contribution >= 4 is 0 Å². The molecule has 0 N–H and O–H groups in total. The first-order chi connectivity index (χ1) is 7.25. The maximum absolute atomic E-state index is 12.8. The van der Waals surface area contributed by atoms with E-state index in [1.54, 1.807) is 0 Å². The molecular weight excluding hydrogens is 274 g/mol. The van der Waals surface area contributed by atoms with Crippen LogP contribution in [0.5, 0.6) is 0 Å². The lowest BCUT2D eigenvalue weighted by Gasteiger charge is -2.37. The molecule has 0 aliphatic carbocycles. The van der Waals surface area contributed by atoms with Crippen LogP contribution in [-0.4, -0.2) is 30.1 Å². The molecule has 0 aromatic heterocycles. The molecule has 0 rings (SSSR count). The molecule has 0 bridgehead atoms. The van der Waals surface area contributed by atoms with Gasteiger partial charge in [0.1, 0.15) is 0 Å². The van der Waals surface area contributed by atoms with Crippen molar-refractivity contribution < 1.29 is 43.9 Å². The van der Waals surface area contributed by atoms with E-state index in [4.69, 9.17) is 0 Å². The molecule has 0 saturated carbocycles. The minimum Gasteiger partial charge on any atom is -0.220 e. The van der Waals surface area contributed by atoms with E-state index in [-0.39, 0.29) is 0 Å². The Balaban J connectivity index is 5.82. The molecule has 1 atom stereocenters. The van der Waals surface area contributed by atoms with Crippen molar-refractivity contribution in [3.63, 3.8) is 0 Å². The van der Waals surface area contributed by atoms with E-state index >= 15 is 0 Å². The average Bonchev–Trinajstić information content (AvgIpc) is 2.13. The highest BCUT2D eigenvalue weighted by atomic mass is 19.4. The Morgan fingerprint density at radius 3 is 1.35 bits per heavy atom. The highest BCUT2D eigenvalue weighted by molar-refractivity contribution is 5.08. The summed E-state index contributed by atoms with van der Waals surface area (Å²) in [6, 6.07) is 0. The largest absolute Gasteiger partial charge is 0.434 e. The smallest absolute Gasteiger partial charge is 0.220 e. The minimum absolute atomic E-state index is 0.316. The predicted molar refractivity (Wildman–Crippen MR) is 36.1 cm³/mol. The maximum atomic E-state index is 12.8. The van der Waals surface area contributed by atoms with Gasteiger partial charge in [0.25, 0.3) is 6.43 Å². The maximum Gasteiger partial charge on any atom is 0.434 e. The molecule has 0 saturated heterocycles. The van der Waals surface area contributed by atoms with E-state index in [9.17, 15) is 43.9 Å². The Morgan fingerprint density at radius 1 is 0.824 bits per heavy atom. The molecule has 0 aromatic rings. The summed E-state index contributed by atoms with van der Waals surface area (Å²) in [4.78, 5) is 0. The van der Waals surface area contributed by atoms with E-state index in [1.807, 2.05) is 0 Å². The van der Waals surface area contributed by atoms with Crippen LogP contribution in [-0.2, 0) is 0 Å². The Bertz CT molecular complexity index is 266. The third-order valence-electron chi connectivity index (χ3n) is 2.07. The fourth-order valence-corrected chi connectivity index (χ4v) is 0.927. The molecular formula is C7H6F10. The van der Waals surface area contributed by atoms with Gasteiger partial charge in [-0.1, -0.05) is 6.92 Å². The Labute approximate surface area is 88.6 Å². The van der Waals surface area contributed by atoms with Crippen molar-refractivity contribution in [2.24, 2.45) is 0 Å². The first kappa shape index (κ1) is 16.3. The van der Waals surface area contributed by atoms with Crippen LogP contribution in [0.15, 0.2) is 0 Å². The lowest BCUT2D eigenvalue weighted by atomic mass is 9.90. The third-order valence-corrected chi connectivity index (χ3v) is 2.07. The van der Waals surface area contributed by atoms with Crippen molar-refractivity contribution in [1.82, 2.24) is 0 Å². The zero-order valence-electron chi connectivity index (χ0n) is 8.06. The van der Waals surface area contributed by atoms with Gasteiger partial charge >= 0.3 is 23.7 Å². The SMILES string of the molecule is CCC(F)(F)C(F)(F)C(F)(C(F)F)C(F)(F)F. The molecule has 0 amide bonds. The monoisotopic (exact) mass is 280 g/mol. The van der Waals surface area contributed by atoms with Crippen LogP contribution in [0.3, 0.4) is 0 Å². The molecule has 17 heavy (non-hydrogen) atoms. The molecule has 0 spiro atoms. The van der Waals surface area contributed by atoms with Gasteiger partial charge in [0.15, 0.2) is 0 Å². The van der Waals surface area contributed by atoms with Crippen molar-refractivity contribution in [2.45, 2.75) is 43.5 Å². The van der Waals surface area contributed by atoms with Crippen LogP contribution in [0.4, 0.5) is 43.9 Å². The first-order valence-corrected chi connectivity index (χ1v) is 4.05. The third kappa shape index (κ3) is 2.17. The highest BCUT2D eigenvalue weighted by Crippen LogP contribution is 2.55. The van der Waals surface area contributed by atoms with Gasteiger partial charge < -0.3 is 0 Å². The summed E-state index contributed by atoms with van der Waals surface area (Å²) in [6.07, 6.45) is -14.1. The fourth-order valence-electron chi connectivity index (χ4n) is 0.927. The molecule has 0 nitrogen and oxygen atoms in total. The van der Waals surface area contributed by atoms with Crippen LogP contribution in [0.1, 0.15) is 13.3 Å². The molecule has 0 radical (unpaired) electrons. The van der Waals surface area contributed by atoms with Gasteiger partial charge in [0.05, 0.1) is 0 Å². The highest BCUT2D eigenvalue weighted by Gasteiger charge is 2.83. The summed E-state index contributed by atoms with van der Waals surface area (Å²) in [5.41, 5.74) is -6.60. The topological polar surface area (TPSA) is 0 Å². The van der Waals surface area contributed by atoms with Gasteiger partial charge in [-0.2, -0.15) is 30.7 Å². The second kappa shape index (κ2) is 4.20. The number of hydrogen-bond acceptors (Lipinski definition) is 0. The second-order valence-corrected chi connectivity index (χ2v) is 3.14. The summed E-state index contributed by atoms with van der Waals surface area (Å²) in [6.45, 7) is 0.316. The summed E-state index contributed by atoms with van der Waals surface area (Å²) in [7, 11) is 0. The van der Waals surface area contributed by atoms with Gasteiger partial charge in [-0.15, -0.1) is 0 Å². The zero-order chi connectivity index (χ0) is 14.3. The molecule has 104 valence electrons. The molecule has 0 aliphatic heterocycles. The molecule has 10 heteroatoms. The molecule has 0 fully saturated rings. The van der Waals surface area contributed by atoms with Crippen LogP contribution in [0.25, 0.3) is 0 Å². The first-order valence-electron chi connectivity index (χ1n) is 4.05. The summed E-state index contributed by atoms with van der Waals surface area (Å²) in [5, 5.41) is 0. The zero-order valence-corrected chi connectivity index (χ0v) is 8.06. The lowest BCUT2D eigenvalue weighted by Crippen LogP contribution is -2.66. The van der Waals surface area contributed by atoms with Crippen molar-refractivity contribution in [3.8, 4) is 0 Å². The van der Waals surface area contributed by atoms with Gasteiger partial charge in [-0.25, -0.2) is 13.2 Å². The van der Waals surface area contributed by atoms with E-state index in [0.717, 1.165) is 0 Å². The summed E-state index contributed by atoms with van der Waals surface area (Å²) >= 11 is 0.